The number of nitrogens with one attached hydrogen (secondary N) is 2. The van der Waals surface area contributed by atoms with Gasteiger partial charge in [-0.2, -0.15) is 0 Å². The van der Waals surface area contributed by atoms with Gasteiger partial charge in [-0.25, -0.2) is 13.6 Å². The van der Waals surface area contributed by atoms with Crippen molar-refractivity contribution in [2.45, 2.75) is 31.7 Å². The van der Waals surface area contributed by atoms with Crippen molar-refractivity contribution in [3.8, 4) is 11.1 Å². The molecular weight excluding hydrogens is 354 g/mol. The largest absolute Gasteiger partial charge is 0.481 e. The van der Waals surface area contributed by atoms with Gasteiger partial charge >= 0.3 is 12.0 Å². The molecule has 1 fully saturated rings. The first-order valence-corrected chi connectivity index (χ1v) is 8.79. The minimum absolute atomic E-state index is 0.127. The third-order valence-corrected chi connectivity index (χ3v) is 4.82. The summed E-state index contributed by atoms with van der Waals surface area (Å²) in [5.41, 5.74) is 0.339. The van der Waals surface area contributed by atoms with Gasteiger partial charge in [0.1, 0.15) is 11.6 Å². The average Bonchev–Trinajstić information content (AvgIpc) is 2.63. The van der Waals surface area contributed by atoms with Crippen molar-refractivity contribution >= 4 is 17.7 Å². The Morgan fingerprint density at radius 2 is 1.56 bits per heavy atom. The number of amides is 2. The first kappa shape index (κ1) is 18.8. The first-order valence-electron chi connectivity index (χ1n) is 8.79. The molecule has 27 heavy (non-hydrogen) atoms. The zero-order valence-corrected chi connectivity index (χ0v) is 14.5. The van der Waals surface area contributed by atoms with Gasteiger partial charge in [-0.1, -0.05) is 24.3 Å². The highest BCUT2D eigenvalue weighted by molar-refractivity contribution is 5.94. The van der Waals surface area contributed by atoms with Gasteiger partial charge in [-0.15, -0.1) is 0 Å². The molecule has 0 saturated heterocycles. The molecule has 2 aromatic rings. The molecule has 2 aromatic carbocycles. The number of carboxylic acid groups (broad SMARTS) is 1. The highest BCUT2D eigenvalue weighted by atomic mass is 19.1. The van der Waals surface area contributed by atoms with E-state index in [1.54, 1.807) is 18.2 Å². The highest BCUT2D eigenvalue weighted by Crippen LogP contribution is 2.32. The number of aliphatic carboxylic acids is 1. The van der Waals surface area contributed by atoms with Crippen molar-refractivity contribution in [2.24, 2.45) is 5.92 Å². The number of benzene rings is 2. The molecule has 0 unspecified atom stereocenters. The van der Waals surface area contributed by atoms with Crippen LogP contribution in [0.2, 0.25) is 0 Å². The number of rotatable bonds is 4. The summed E-state index contributed by atoms with van der Waals surface area (Å²) in [5, 5.41) is 14.5. The number of carbonyl (C=O) groups excluding carboxylic acids is 1. The Kier molecular flexibility index (Phi) is 5.69. The van der Waals surface area contributed by atoms with E-state index < -0.39 is 23.6 Å². The molecule has 0 heterocycles. The number of para-hydroxylation sites is 1. The van der Waals surface area contributed by atoms with Crippen LogP contribution in [0.4, 0.5) is 19.3 Å². The summed E-state index contributed by atoms with van der Waals surface area (Å²) >= 11 is 0. The molecule has 3 N–H and O–H groups in total. The lowest BCUT2D eigenvalue weighted by Crippen LogP contribution is -2.41. The van der Waals surface area contributed by atoms with Crippen molar-refractivity contribution in [3.63, 3.8) is 0 Å². The maximum atomic E-state index is 14.1. The number of urea groups is 1. The van der Waals surface area contributed by atoms with E-state index in [9.17, 15) is 18.4 Å². The zero-order chi connectivity index (χ0) is 19.4. The Balaban J connectivity index is 1.70. The molecule has 2 amide bonds. The van der Waals surface area contributed by atoms with Crippen molar-refractivity contribution < 1.29 is 23.5 Å². The molecule has 0 aliphatic heterocycles. The summed E-state index contributed by atoms with van der Waals surface area (Å²) in [4.78, 5) is 23.3. The van der Waals surface area contributed by atoms with Gasteiger partial charge < -0.3 is 15.7 Å². The fourth-order valence-electron chi connectivity index (χ4n) is 3.39. The zero-order valence-electron chi connectivity index (χ0n) is 14.5. The summed E-state index contributed by atoms with van der Waals surface area (Å²) in [6.45, 7) is 0. The highest BCUT2D eigenvalue weighted by Gasteiger charge is 2.27. The van der Waals surface area contributed by atoms with Crippen LogP contribution in [0.15, 0.2) is 42.5 Å². The van der Waals surface area contributed by atoms with E-state index in [0.29, 0.717) is 31.4 Å². The first-order chi connectivity index (χ1) is 13.0. The number of anilines is 1. The Labute approximate surface area is 155 Å². The fraction of sp³-hybridized carbons (Fsp3) is 0.300. The molecule has 7 heteroatoms. The molecule has 0 radical (unpaired) electrons. The molecule has 0 bridgehead atoms. The van der Waals surface area contributed by atoms with Crippen LogP contribution in [0.5, 0.6) is 0 Å². The SMILES string of the molecule is O=C(Nc1ccccc1-c1c(F)cccc1F)NC1CCC(C(=O)O)CC1. The Bertz CT molecular complexity index is 829. The molecular formula is C20H20F2N2O3. The molecule has 0 aromatic heterocycles. The summed E-state index contributed by atoms with van der Waals surface area (Å²) in [7, 11) is 0. The van der Waals surface area contributed by atoms with E-state index in [4.69, 9.17) is 5.11 Å². The Morgan fingerprint density at radius 3 is 2.19 bits per heavy atom. The molecule has 1 aliphatic carbocycles. The van der Waals surface area contributed by atoms with Crippen LogP contribution >= 0.6 is 0 Å². The predicted octanol–water partition coefficient (Wildman–Crippen LogP) is 4.40. The number of hydrogen-bond acceptors (Lipinski definition) is 2. The molecule has 0 atom stereocenters. The molecule has 3 rings (SSSR count). The van der Waals surface area contributed by atoms with E-state index >= 15 is 0 Å². The lowest BCUT2D eigenvalue weighted by Gasteiger charge is -2.27. The van der Waals surface area contributed by atoms with Gasteiger partial charge in [0.05, 0.1) is 17.2 Å². The molecule has 1 aliphatic rings. The van der Waals surface area contributed by atoms with Crippen LogP contribution in [0.3, 0.4) is 0 Å². The van der Waals surface area contributed by atoms with Gasteiger partial charge in [0.15, 0.2) is 0 Å². The smallest absolute Gasteiger partial charge is 0.319 e. The third-order valence-electron chi connectivity index (χ3n) is 4.82. The minimum atomic E-state index is -0.807. The van der Waals surface area contributed by atoms with Crippen LogP contribution in [0.25, 0.3) is 11.1 Å². The summed E-state index contributed by atoms with van der Waals surface area (Å²) < 4.78 is 28.2. The molecule has 5 nitrogen and oxygen atoms in total. The third kappa shape index (κ3) is 4.42. The minimum Gasteiger partial charge on any atom is -0.481 e. The van der Waals surface area contributed by atoms with Gasteiger partial charge in [0.2, 0.25) is 0 Å². The van der Waals surface area contributed by atoms with Crippen LogP contribution in [-0.2, 0) is 4.79 Å². The molecule has 142 valence electrons. The van der Waals surface area contributed by atoms with Crippen LogP contribution in [-0.4, -0.2) is 23.1 Å². The van der Waals surface area contributed by atoms with E-state index in [2.05, 4.69) is 10.6 Å². The fourth-order valence-corrected chi connectivity index (χ4v) is 3.39. The maximum Gasteiger partial charge on any atom is 0.319 e. The van der Waals surface area contributed by atoms with Gasteiger partial charge in [-0.05, 0) is 43.9 Å². The summed E-state index contributed by atoms with van der Waals surface area (Å²) in [5.74, 6) is -2.59. The topological polar surface area (TPSA) is 78.4 Å². The second-order valence-electron chi connectivity index (χ2n) is 6.63. The second-order valence-corrected chi connectivity index (χ2v) is 6.63. The average molecular weight is 374 g/mol. The number of halogens is 2. The van der Waals surface area contributed by atoms with Crippen molar-refractivity contribution in [3.05, 3.63) is 54.1 Å². The lowest BCUT2D eigenvalue weighted by atomic mass is 9.86. The lowest BCUT2D eigenvalue weighted by molar-refractivity contribution is -0.142. The van der Waals surface area contributed by atoms with Crippen LogP contribution in [0.1, 0.15) is 25.7 Å². The summed E-state index contributed by atoms with van der Waals surface area (Å²) in [6.07, 6.45) is 2.18. The van der Waals surface area contributed by atoms with Crippen molar-refractivity contribution in [2.75, 3.05) is 5.32 Å². The van der Waals surface area contributed by atoms with E-state index in [0.717, 1.165) is 12.1 Å². The van der Waals surface area contributed by atoms with Crippen LogP contribution in [0, 0.1) is 17.6 Å². The molecule has 1 saturated carbocycles. The van der Waals surface area contributed by atoms with Gasteiger partial charge in [0, 0.05) is 11.6 Å². The number of hydrogen-bond donors (Lipinski definition) is 3. The predicted molar refractivity (Wildman–Crippen MR) is 97.3 cm³/mol. The van der Waals surface area contributed by atoms with E-state index in [1.807, 2.05) is 0 Å². The number of carboxylic acids is 1. The maximum absolute atomic E-state index is 14.1. The molecule has 0 spiro atoms. The van der Waals surface area contributed by atoms with Gasteiger partial charge in [0.25, 0.3) is 0 Å². The Hall–Kier alpha value is -2.96. The van der Waals surface area contributed by atoms with Gasteiger partial charge in [-0.3, -0.25) is 4.79 Å². The number of carbonyl (C=O) groups is 2. The summed E-state index contributed by atoms with van der Waals surface area (Å²) in [6, 6.07) is 9.40. The monoisotopic (exact) mass is 374 g/mol. The quantitative estimate of drug-likeness (QED) is 0.742. The Morgan fingerprint density at radius 1 is 0.926 bits per heavy atom. The van der Waals surface area contributed by atoms with E-state index in [-0.39, 0.29) is 23.1 Å². The second kappa shape index (κ2) is 8.16. The normalized spacial score (nSPS) is 19.3. The van der Waals surface area contributed by atoms with Crippen molar-refractivity contribution in [1.82, 2.24) is 5.32 Å². The standard InChI is InChI=1S/C20H20F2N2O3/c21-15-5-3-6-16(22)18(15)14-4-1-2-7-17(14)24-20(27)23-13-10-8-12(9-11-13)19(25)26/h1-7,12-13H,8-11H2,(H,25,26)(H2,23,24,27). The van der Waals surface area contributed by atoms with E-state index in [1.165, 1.54) is 12.1 Å². The van der Waals surface area contributed by atoms with Crippen molar-refractivity contribution in [1.29, 1.82) is 0 Å². The van der Waals surface area contributed by atoms with Crippen LogP contribution < -0.4 is 10.6 Å².